The van der Waals surface area contributed by atoms with Crippen LogP contribution in [0.3, 0.4) is 0 Å². The molecule has 1 aliphatic heterocycles. The van der Waals surface area contributed by atoms with E-state index in [-0.39, 0.29) is 18.1 Å². The van der Waals surface area contributed by atoms with Crippen LogP contribution in [0.5, 0.6) is 0 Å². The number of carbonyl (C=O) groups is 1. The van der Waals surface area contributed by atoms with Gasteiger partial charge in [-0.25, -0.2) is 9.97 Å². The Kier molecular flexibility index (Phi) is 4.95. The lowest BCUT2D eigenvalue weighted by molar-refractivity contribution is -0.00712. The number of carbonyl (C=O) groups excluding carboxylic acids is 1. The van der Waals surface area contributed by atoms with E-state index in [1.807, 2.05) is 43.7 Å². The van der Waals surface area contributed by atoms with Gasteiger partial charge in [0.1, 0.15) is 17.8 Å². The molecule has 0 saturated carbocycles. The molecule has 0 aliphatic carbocycles. The van der Waals surface area contributed by atoms with E-state index in [1.54, 1.807) is 23.4 Å². The molecule has 8 heteroatoms. The average Bonchev–Trinajstić information content (AvgIpc) is 3.34. The summed E-state index contributed by atoms with van der Waals surface area (Å²) in [7, 11) is 0. The van der Waals surface area contributed by atoms with E-state index in [0.717, 1.165) is 22.6 Å². The molecule has 1 amide bonds. The SMILES string of the molecule is CCn1nc2c(c1C(=O)NCc1cccnc1-n1ccnc1)C[C@H](C)O[C@@H]2C. The van der Waals surface area contributed by atoms with Crippen LogP contribution in [-0.2, 0) is 24.2 Å². The molecule has 0 spiro atoms. The maximum Gasteiger partial charge on any atom is 0.270 e. The largest absolute Gasteiger partial charge is 0.369 e. The fourth-order valence-corrected chi connectivity index (χ4v) is 3.72. The van der Waals surface area contributed by atoms with Crippen molar-refractivity contribution in [1.82, 2.24) is 29.6 Å². The standard InChI is InChI=1S/C20H24N6O2/c1-4-26-18(16-10-13(2)28-14(3)17(16)24-26)20(27)23-11-15-6-5-7-22-19(15)25-9-8-21-12-25/h5-9,12-14H,4,10-11H2,1-3H3,(H,23,27)/t13-,14+/m0/s1. The zero-order valence-electron chi connectivity index (χ0n) is 16.3. The minimum Gasteiger partial charge on any atom is -0.369 e. The highest BCUT2D eigenvalue weighted by atomic mass is 16.5. The number of nitrogens with zero attached hydrogens (tertiary/aromatic N) is 5. The van der Waals surface area contributed by atoms with Gasteiger partial charge in [-0.15, -0.1) is 0 Å². The number of pyridine rings is 1. The van der Waals surface area contributed by atoms with Crippen molar-refractivity contribution in [3.05, 3.63) is 59.6 Å². The highest BCUT2D eigenvalue weighted by Gasteiger charge is 2.31. The molecule has 0 saturated heterocycles. The molecule has 28 heavy (non-hydrogen) atoms. The van der Waals surface area contributed by atoms with Crippen LogP contribution < -0.4 is 5.32 Å². The van der Waals surface area contributed by atoms with E-state index in [4.69, 9.17) is 4.74 Å². The third kappa shape index (κ3) is 3.31. The van der Waals surface area contributed by atoms with Crippen LogP contribution in [0.25, 0.3) is 5.82 Å². The lowest BCUT2D eigenvalue weighted by Gasteiger charge is -2.24. The van der Waals surface area contributed by atoms with Gasteiger partial charge in [-0.2, -0.15) is 5.10 Å². The Morgan fingerprint density at radius 3 is 2.96 bits per heavy atom. The third-order valence-corrected chi connectivity index (χ3v) is 4.97. The number of ether oxygens (including phenoxy) is 1. The molecule has 1 N–H and O–H groups in total. The van der Waals surface area contributed by atoms with Gasteiger partial charge in [0, 0.05) is 49.2 Å². The van der Waals surface area contributed by atoms with E-state index < -0.39 is 0 Å². The molecule has 146 valence electrons. The highest BCUT2D eigenvalue weighted by molar-refractivity contribution is 5.94. The summed E-state index contributed by atoms with van der Waals surface area (Å²) in [4.78, 5) is 21.6. The van der Waals surface area contributed by atoms with Gasteiger partial charge in [-0.05, 0) is 26.8 Å². The van der Waals surface area contributed by atoms with Gasteiger partial charge in [-0.3, -0.25) is 14.0 Å². The van der Waals surface area contributed by atoms with Crippen molar-refractivity contribution < 1.29 is 9.53 Å². The van der Waals surface area contributed by atoms with Crippen LogP contribution in [0.15, 0.2) is 37.1 Å². The second-order valence-corrected chi connectivity index (χ2v) is 6.96. The van der Waals surface area contributed by atoms with Crippen molar-refractivity contribution in [2.75, 3.05) is 0 Å². The molecule has 1 aliphatic rings. The van der Waals surface area contributed by atoms with Crippen molar-refractivity contribution in [1.29, 1.82) is 0 Å². The number of hydrogen-bond acceptors (Lipinski definition) is 5. The molecule has 3 aromatic heterocycles. The first-order valence-corrected chi connectivity index (χ1v) is 9.54. The number of aryl methyl sites for hydroxylation is 1. The highest BCUT2D eigenvalue weighted by Crippen LogP contribution is 2.31. The Balaban J connectivity index is 1.59. The van der Waals surface area contributed by atoms with Gasteiger partial charge >= 0.3 is 0 Å². The second-order valence-electron chi connectivity index (χ2n) is 6.96. The van der Waals surface area contributed by atoms with Crippen LogP contribution in [0.2, 0.25) is 0 Å². The van der Waals surface area contributed by atoms with Crippen molar-refractivity contribution in [3.63, 3.8) is 0 Å². The Morgan fingerprint density at radius 1 is 1.36 bits per heavy atom. The zero-order valence-corrected chi connectivity index (χ0v) is 16.3. The minimum absolute atomic E-state index is 0.0646. The number of hydrogen-bond donors (Lipinski definition) is 1. The average molecular weight is 380 g/mol. The van der Waals surface area contributed by atoms with Crippen LogP contribution in [0.1, 0.15) is 54.2 Å². The number of nitrogens with one attached hydrogen (secondary N) is 1. The number of aromatic nitrogens is 5. The first kappa shape index (κ1) is 18.4. The Morgan fingerprint density at radius 2 is 2.21 bits per heavy atom. The van der Waals surface area contributed by atoms with Gasteiger partial charge in [0.05, 0.1) is 17.9 Å². The normalized spacial score (nSPS) is 18.7. The molecule has 0 radical (unpaired) electrons. The fourth-order valence-electron chi connectivity index (χ4n) is 3.72. The molecule has 0 unspecified atom stereocenters. The maximum atomic E-state index is 13.1. The van der Waals surface area contributed by atoms with Crippen molar-refractivity contribution in [3.8, 4) is 5.82 Å². The summed E-state index contributed by atoms with van der Waals surface area (Å²) in [6.07, 6.45) is 7.60. The lowest BCUT2D eigenvalue weighted by atomic mass is 9.99. The molecule has 2 atom stereocenters. The van der Waals surface area contributed by atoms with Crippen LogP contribution in [-0.4, -0.2) is 36.3 Å². The summed E-state index contributed by atoms with van der Waals surface area (Å²) < 4.78 is 9.48. The lowest BCUT2D eigenvalue weighted by Crippen LogP contribution is -2.29. The van der Waals surface area contributed by atoms with E-state index in [1.165, 1.54) is 0 Å². The topological polar surface area (TPSA) is 86.9 Å². The zero-order chi connectivity index (χ0) is 19.7. The quantitative estimate of drug-likeness (QED) is 0.735. The molecule has 3 aromatic rings. The van der Waals surface area contributed by atoms with Crippen molar-refractivity contribution >= 4 is 5.91 Å². The first-order valence-electron chi connectivity index (χ1n) is 9.54. The van der Waals surface area contributed by atoms with Gasteiger partial charge in [0.2, 0.25) is 0 Å². The fraction of sp³-hybridized carbons (Fsp3) is 0.400. The van der Waals surface area contributed by atoms with E-state index in [0.29, 0.717) is 25.2 Å². The second kappa shape index (κ2) is 7.55. The molecule has 0 bridgehead atoms. The van der Waals surface area contributed by atoms with Gasteiger partial charge in [-0.1, -0.05) is 6.07 Å². The van der Waals surface area contributed by atoms with Crippen LogP contribution in [0.4, 0.5) is 0 Å². The molecule has 4 rings (SSSR count). The molecule has 0 fully saturated rings. The van der Waals surface area contributed by atoms with E-state index in [2.05, 4.69) is 20.4 Å². The summed E-state index contributed by atoms with van der Waals surface area (Å²) >= 11 is 0. The summed E-state index contributed by atoms with van der Waals surface area (Å²) in [6, 6.07) is 3.81. The number of amides is 1. The van der Waals surface area contributed by atoms with E-state index >= 15 is 0 Å². The number of fused-ring (bicyclic) bond motifs is 1. The predicted molar refractivity (Wildman–Crippen MR) is 103 cm³/mol. The summed E-state index contributed by atoms with van der Waals surface area (Å²) in [6.45, 7) is 6.99. The van der Waals surface area contributed by atoms with Gasteiger partial charge in [0.15, 0.2) is 0 Å². The van der Waals surface area contributed by atoms with Gasteiger partial charge < -0.3 is 10.1 Å². The predicted octanol–water partition coefficient (Wildman–Crippen LogP) is 2.44. The number of rotatable bonds is 5. The van der Waals surface area contributed by atoms with E-state index in [9.17, 15) is 4.79 Å². The Bertz CT molecular complexity index is 979. The summed E-state index contributed by atoms with van der Waals surface area (Å²) in [5.41, 5.74) is 3.40. The first-order chi connectivity index (χ1) is 13.6. The van der Waals surface area contributed by atoms with Crippen molar-refractivity contribution in [2.24, 2.45) is 0 Å². The smallest absolute Gasteiger partial charge is 0.270 e. The Hall–Kier alpha value is -3.00. The molecular weight excluding hydrogens is 356 g/mol. The molecule has 4 heterocycles. The van der Waals surface area contributed by atoms with Gasteiger partial charge in [0.25, 0.3) is 5.91 Å². The minimum atomic E-state index is -0.127. The van der Waals surface area contributed by atoms with Crippen molar-refractivity contribution in [2.45, 2.75) is 52.5 Å². The van der Waals surface area contributed by atoms with Crippen LogP contribution in [0, 0.1) is 0 Å². The number of imidazole rings is 1. The third-order valence-electron chi connectivity index (χ3n) is 4.97. The monoisotopic (exact) mass is 380 g/mol. The maximum absolute atomic E-state index is 13.1. The molecule has 8 nitrogen and oxygen atoms in total. The van der Waals surface area contributed by atoms with Crippen LogP contribution >= 0.6 is 0 Å². The molecule has 0 aromatic carbocycles. The Labute approximate surface area is 163 Å². The summed E-state index contributed by atoms with van der Waals surface area (Å²) in [5, 5.41) is 7.67. The molecular formula is C20H24N6O2. The summed E-state index contributed by atoms with van der Waals surface area (Å²) in [5.74, 6) is 0.624.